The zero-order valence-corrected chi connectivity index (χ0v) is 8.87. The van der Waals surface area contributed by atoms with Crippen molar-refractivity contribution in [3.8, 4) is 0 Å². The summed E-state index contributed by atoms with van der Waals surface area (Å²) >= 11 is 1.52. The van der Waals surface area contributed by atoms with E-state index in [4.69, 9.17) is 10.8 Å². The number of thioether (sulfide) groups is 1. The Morgan fingerprint density at radius 2 is 2.27 bits per heavy atom. The van der Waals surface area contributed by atoms with Gasteiger partial charge in [0, 0.05) is 23.3 Å². The van der Waals surface area contributed by atoms with Crippen molar-refractivity contribution in [1.82, 2.24) is 0 Å². The number of nitro groups is 1. The first-order valence-corrected chi connectivity index (χ1v) is 5.41. The lowest BCUT2D eigenvalue weighted by molar-refractivity contribution is -0.383. The molecule has 0 saturated carbocycles. The third kappa shape index (κ3) is 3.41. The average molecular weight is 228 g/mol. The normalized spacial score (nSPS) is 10.2. The van der Waals surface area contributed by atoms with Gasteiger partial charge >= 0.3 is 0 Å². The van der Waals surface area contributed by atoms with Gasteiger partial charge in [-0.2, -0.15) is 0 Å². The van der Waals surface area contributed by atoms with Crippen molar-refractivity contribution in [3.05, 3.63) is 28.3 Å². The van der Waals surface area contributed by atoms with Crippen molar-refractivity contribution >= 4 is 23.1 Å². The highest BCUT2D eigenvalue weighted by Crippen LogP contribution is 2.27. The highest BCUT2D eigenvalue weighted by molar-refractivity contribution is 7.99. The molecule has 0 spiro atoms. The summed E-state index contributed by atoms with van der Waals surface area (Å²) in [6.45, 7) is 0.148. The van der Waals surface area contributed by atoms with Gasteiger partial charge in [0.1, 0.15) is 5.69 Å². The van der Waals surface area contributed by atoms with Gasteiger partial charge in [-0.3, -0.25) is 10.1 Å². The van der Waals surface area contributed by atoms with Crippen molar-refractivity contribution in [2.24, 2.45) is 0 Å². The molecule has 6 heteroatoms. The third-order valence-electron chi connectivity index (χ3n) is 1.77. The second-order valence-electron chi connectivity index (χ2n) is 2.90. The summed E-state index contributed by atoms with van der Waals surface area (Å²) in [5.74, 6) is 0.772. The van der Waals surface area contributed by atoms with Gasteiger partial charge in [-0.25, -0.2) is 0 Å². The van der Waals surface area contributed by atoms with Gasteiger partial charge in [0.15, 0.2) is 0 Å². The average Bonchev–Trinajstić information content (AvgIpc) is 2.17. The molecule has 0 aliphatic rings. The molecule has 0 atom stereocenters. The van der Waals surface area contributed by atoms with E-state index in [1.165, 1.54) is 17.8 Å². The second-order valence-corrected chi connectivity index (χ2v) is 4.07. The van der Waals surface area contributed by atoms with Crippen LogP contribution in [0.25, 0.3) is 0 Å². The molecule has 0 saturated heterocycles. The zero-order valence-electron chi connectivity index (χ0n) is 8.05. The van der Waals surface area contributed by atoms with Crippen LogP contribution >= 0.6 is 11.8 Å². The van der Waals surface area contributed by atoms with Crippen molar-refractivity contribution in [2.75, 3.05) is 18.1 Å². The summed E-state index contributed by atoms with van der Waals surface area (Å²) < 4.78 is 0. The summed E-state index contributed by atoms with van der Waals surface area (Å²) in [5, 5.41) is 19.1. The lowest BCUT2D eigenvalue weighted by atomic mass is 10.3. The number of nitrogens with two attached hydrogens (primary N) is 1. The molecular weight excluding hydrogens is 216 g/mol. The number of rotatable bonds is 5. The Labute approximate surface area is 91.4 Å². The van der Waals surface area contributed by atoms with E-state index < -0.39 is 4.92 Å². The molecule has 0 unspecified atom stereocenters. The number of benzene rings is 1. The molecule has 5 nitrogen and oxygen atoms in total. The highest BCUT2D eigenvalue weighted by Gasteiger charge is 2.10. The minimum absolute atomic E-state index is 0.0680. The molecular formula is C9H12N2O3S. The Morgan fingerprint density at radius 3 is 2.80 bits per heavy atom. The summed E-state index contributed by atoms with van der Waals surface area (Å²) in [6.07, 6.45) is 0.696. The van der Waals surface area contributed by atoms with Crippen LogP contribution < -0.4 is 5.73 Å². The van der Waals surface area contributed by atoms with Gasteiger partial charge in [-0.15, -0.1) is 11.8 Å². The van der Waals surface area contributed by atoms with Crippen molar-refractivity contribution in [2.45, 2.75) is 11.3 Å². The van der Waals surface area contributed by atoms with Crippen LogP contribution in [0.4, 0.5) is 11.4 Å². The van der Waals surface area contributed by atoms with E-state index in [1.807, 2.05) is 0 Å². The first-order chi connectivity index (χ1) is 7.15. The molecule has 0 aliphatic heterocycles. The van der Waals surface area contributed by atoms with Gasteiger partial charge in [0.05, 0.1) is 4.92 Å². The predicted molar refractivity (Wildman–Crippen MR) is 59.9 cm³/mol. The van der Waals surface area contributed by atoms with Crippen molar-refractivity contribution in [3.63, 3.8) is 0 Å². The molecule has 1 rings (SSSR count). The lowest BCUT2D eigenvalue weighted by Crippen LogP contribution is -1.95. The van der Waals surface area contributed by atoms with Crippen molar-refractivity contribution < 1.29 is 10.0 Å². The van der Waals surface area contributed by atoms with Gasteiger partial charge in [0.2, 0.25) is 0 Å². The third-order valence-corrected chi connectivity index (χ3v) is 2.85. The maximum atomic E-state index is 10.5. The SMILES string of the molecule is Nc1cc(SCCCO)ccc1[N+](=O)[O-]. The standard InChI is InChI=1S/C9H12N2O3S/c10-8-6-7(15-5-1-4-12)2-3-9(8)11(13)14/h2-3,6,12H,1,4-5,10H2. The van der Waals surface area contributed by atoms with Crippen LogP contribution in [-0.4, -0.2) is 22.4 Å². The van der Waals surface area contributed by atoms with Gasteiger partial charge < -0.3 is 10.8 Å². The Morgan fingerprint density at radius 1 is 1.53 bits per heavy atom. The first kappa shape index (κ1) is 11.8. The number of nitrogens with zero attached hydrogens (tertiary/aromatic N) is 1. The molecule has 0 bridgehead atoms. The van der Waals surface area contributed by atoms with E-state index in [9.17, 15) is 10.1 Å². The van der Waals surface area contributed by atoms with Crippen LogP contribution in [-0.2, 0) is 0 Å². The van der Waals surface area contributed by atoms with E-state index in [-0.39, 0.29) is 18.0 Å². The van der Waals surface area contributed by atoms with Crippen LogP contribution in [0.5, 0.6) is 0 Å². The number of nitro benzene ring substituents is 1. The van der Waals surface area contributed by atoms with Crippen LogP contribution in [0.3, 0.4) is 0 Å². The van der Waals surface area contributed by atoms with Gasteiger partial charge in [-0.05, 0) is 18.6 Å². The minimum atomic E-state index is -0.502. The minimum Gasteiger partial charge on any atom is -0.396 e. The molecule has 1 aromatic carbocycles. The molecule has 1 aromatic rings. The quantitative estimate of drug-likeness (QED) is 0.263. The number of nitrogen functional groups attached to an aromatic ring is 1. The molecule has 0 heterocycles. The molecule has 0 aromatic heterocycles. The van der Waals surface area contributed by atoms with E-state index in [0.717, 1.165) is 10.6 Å². The molecule has 0 aliphatic carbocycles. The van der Waals surface area contributed by atoms with Gasteiger partial charge in [-0.1, -0.05) is 0 Å². The fourth-order valence-electron chi connectivity index (χ4n) is 1.04. The molecule has 0 fully saturated rings. The van der Waals surface area contributed by atoms with E-state index in [2.05, 4.69) is 0 Å². The van der Waals surface area contributed by atoms with Crippen LogP contribution in [0.2, 0.25) is 0 Å². The van der Waals surface area contributed by atoms with E-state index in [0.29, 0.717) is 6.42 Å². The fraction of sp³-hybridized carbons (Fsp3) is 0.333. The predicted octanol–water partition coefficient (Wildman–Crippen LogP) is 1.65. The summed E-state index contributed by atoms with van der Waals surface area (Å²) in [4.78, 5) is 10.9. The second kappa shape index (κ2) is 5.57. The maximum absolute atomic E-state index is 10.5. The highest BCUT2D eigenvalue weighted by atomic mass is 32.2. The summed E-state index contributed by atoms with van der Waals surface area (Å²) in [7, 11) is 0. The molecule has 15 heavy (non-hydrogen) atoms. The summed E-state index contributed by atoms with van der Waals surface area (Å²) in [5.41, 5.74) is 5.63. The smallest absolute Gasteiger partial charge is 0.292 e. The number of hydrogen-bond acceptors (Lipinski definition) is 5. The maximum Gasteiger partial charge on any atom is 0.292 e. The van der Waals surface area contributed by atoms with Crippen LogP contribution in [0.1, 0.15) is 6.42 Å². The largest absolute Gasteiger partial charge is 0.396 e. The Hall–Kier alpha value is -1.27. The lowest BCUT2D eigenvalue weighted by Gasteiger charge is -2.02. The topological polar surface area (TPSA) is 89.4 Å². The Kier molecular flexibility index (Phi) is 4.38. The number of aliphatic hydroxyl groups is 1. The van der Waals surface area contributed by atoms with Crippen molar-refractivity contribution in [1.29, 1.82) is 0 Å². The van der Waals surface area contributed by atoms with E-state index >= 15 is 0 Å². The van der Waals surface area contributed by atoms with Gasteiger partial charge in [0.25, 0.3) is 5.69 Å². The monoisotopic (exact) mass is 228 g/mol. The zero-order chi connectivity index (χ0) is 11.3. The molecule has 0 radical (unpaired) electrons. The Balaban J connectivity index is 2.69. The first-order valence-electron chi connectivity index (χ1n) is 4.42. The number of hydrogen-bond donors (Lipinski definition) is 2. The Bertz CT molecular complexity index is 357. The van der Waals surface area contributed by atoms with Crippen LogP contribution in [0.15, 0.2) is 23.1 Å². The molecule has 3 N–H and O–H groups in total. The van der Waals surface area contributed by atoms with E-state index in [1.54, 1.807) is 12.1 Å². The fourth-order valence-corrected chi connectivity index (χ4v) is 1.93. The number of aliphatic hydroxyl groups excluding tert-OH is 1. The van der Waals surface area contributed by atoms with Crippen LogP contribution in [0, 0.1) is 10.1 Å². The summed E-state index contributed by atoms with van der Waals surface area (Å²) in [6, 6.07) is 4.65. The molecule has 0 amide bonds. The number of anilines is 1. The molecule has 82 valence electrons.